The van der Waals surface area contributed by atoms with Crippen LogP contribution in [0.1, 0.15) is 32.4 Å². The molecule has 0 aromatic heterocycles. The molecule has 3 aromatic rings. The van der Waals surface area contributed by atoms with Gasteiger partial charge in [-0.05, 0) is 29.8 Å². The van der Waals surface area contributed by atoms with Gasteiger partial charge in [0.25, 0.3) is 0 Å². The first kappa shape index (κ1) is 30.7. The predicted octanol–water partition coefficient (Wildman–Crippen LogP) is 1.03. The number of benzene rings is 3. The zero-order valence-electron chi connectivity index (χ0n) is 21.8. The molecule has 15 nitrogen and oxygen atoms in total. The molecule has 226 valence electrons. The van der Waals surface area contributed by atoms with E-state index in [-0.39, 0.29) is 0 Å². The molecule has 6 unspecified atom stereocenters. The van der Waals surface area contributed by atoms with Gasteiger partial charge in [0.15, 0.2) is 53.0 Å². The van der Waals surface area contributed by atoms with Gasteiger partial charge in [-0.2, -0.15) is 5.26 Å². The molecule has 0 aliphatic carbocycles. The Morgan fingerprint density at radius 1 is 0.814 bits per heavy atom. The summed E-state index contributed by atoms with van der Waals surface area (Å²) in [5.41, 5.74) is -0.507. The van der Waals surface area contributed by atoms with Gasteiger partial charge in [0.1, 0.15) is 24.9 Å². The molecule has 1 aliphatic rings. The Kier molecular flexibility index (Phi) is 9.07. The number of esters is 2. The molecule has 8 N–H and O–H groups in total. The lowest BCUT2D eigenvalue weighted by Gasteiger charge is -2.42. The van der Waals surface area contributed by atoms with Crippen molar-refractivity contribution < 1.29 is 69.4 Å². The van der Waals surface area contributed by atoms with Gasteiger partial charge in [-0.25, -0.2) is 9.59 Å². The molecular weight excluding hydrogens is 574 g/mol. The van der Waals surface area contributed by atoms with Crippen molar-refractivity contribution in [3.63, 3.8) is 0 Å². The maximum absolute atomic E-state index is 12.8. The minimum atomic E-state index is -1.97. The molecule has 0 saturated carbocycles. The zero-order chi connectivity index (χ0) is 31.4. The highest BCUT2D eigenvalue weighted by Gasteiger charge is 2.49. The number of phenolic OH excluding ortho intramolecular Hbond substituents is 6. The Morgan fingerprint density at radius 3 is 1.84 bits per heavy atom. The van der Waals surface area contributed by atoms with Gasteiger partial charge in [0.2, 0.25) is 0 Å². The van der Waals surface area contributed by atoms with Crippen molar-refractivity contribution in [3.8, 4) is 40.6 Å². The Bertz CT molecular complexity index is 1490. The molecule has 4 rings (SSSR count). The third-order valence-electron chi connectivity index (χ3n) is 6.36. The van der Waals surface area contributed by atoms with Crippen molar-refractivity contribution in [1.82, 2.24) is 0 Å². The number of nitriles is 1. The summed E-state index contributed by atoms with van der Waals surface area (Å²) in [6.45, 7) is -0.794. The highest BCUT2D eigenvalue weighted by molar-refractivity contribution is 5.92. The maximum atomic E-state index is 12.8. The Labute approximate surface area is 242 Å². The van der Waals surface area contributed by atoms with Crippen LogP contribution in [0.4, 0.5) is 0 Å². The number of nitrogens with zero attached hydrogens (tertiary/aromatic N) is 1. The molecule has 0 spiro atoms. The Hall–Kier alpha value is -5.27. The maximum Gasteiger partial charge on any atom is 0.338 e. The summed E-state index contributed by atoms with van der Waals surface area (Å²) in [5, 5.41) is 89.3. The average Bonchev–Trinajstić information content (AvgIpc) is 2.99. The third kappa shape index (κ3) is 6.63. The summed E-state index contributed by atoms with van der Waals surface area (Å²) < 4.78 is 21.7. The summed E-state index contributed by atoms with van der Waals surface area (Å²) in [6, 6.07) is 13.1. The van der Waals surface area contributed by atoms with E-state index in [0.717, 1.165) is 24.3 Å². The van der Waals surface area contributed by atoms with E-state index in [1.807, 2.05) is 6.07 Å². The molecule has 43 heavy (non-hydrogen) atoms. The first-order valence-corrected chi connectivity index (χ1v) is 12.4. The van der Waals surface area contributed by atoms with E-state index in [2.05, 4.69) is 0 Å². The summed E-state index contributed by atoms with van der Waals surface area (Å²) in [4.78, 5) is 25.5. The number of phenols is 6. The van der Waals surface area contributed by atoms with Crippen LogP contribution in [0.3, 0.4) is 0 Å². The fraction of sp³-hybridized carbons (Fsp3) is 0.250. The van der Waals surface area contributed by atoms with Crippen LogP contribution in [-0.4, -0.2) is 90.1 Å². The number of aliphatic hydroxyl groups is 2. The van der Waals surface area contributed by atoms with Gasteiger partial charge in [0.05, 0.1) is 17.2 Å². The van der Waals surface area contributed by atoms with Crippen LogP contribution in [0, 0.1) is 11.3 Å². The fourth-order valence-electron chi connectivity index (χ4n) is 4.12. The summed E-state index contributed by atoms with van der Waals surface area (Å²) in [7, 11) is 0. The minimum absolute atomic E-state index is 0.380. The molecular formula is C28H25NO14. The highest BCUT2D eigenvalue weighted by atomic mass is 16.7. The second-order valence-corrected chi connectivity index (χ2v) is 9.27. The van der Waals surface area contributed by atoms with Crippen molar-refractivity contribution in [2.75, 3.05) is 6.61 Å². The van der Waals surface area contributed by atoms with Crippen LogP contribution in [0.2, 0.25) is 0 Å². The molecule has 15 heteroatoms. The molecule has 1 heterocycles. The predicted molar refractivity (Wildman–Crippen MR) is 139 cm³/mol. The van der Waals surface area contributed by atoms with Crippen molar-refractivity contribution in [3.05, 3.63) is 71.3 Å². The summed E-state index contributed by atoms with van der Waals surface area (Å²) in [5.74, 6) is -7.61. The van der Waals surface area contributed by atoms with Gasteiger partial charge in [-0.3, -0.25) is 0 Å². The lowest BCUT2D eigenvalue weighted by Crippen LogP contribution is -2.60. The first-order chi connectivity index (χ1) is 20.4. The second kappa shape index (κ2) is 12.7. The normalized spacial score (nSPS) is 22.2. The molecule has 6 atom stereocenters. The van der Waals surface area contributed by atoms with Crippen LogP contribution in [-0.2, 0) is 18.9 Å². The van der Waals surface area contributed by atoms with Gasteiger partial charge in [-0.15, -0.1) is 0 Å². The number of hydrogen-bond donors (Lipinski definition) is 8. The standard InChI is InChI=1S/C28H25NO14/c29-10-19(12-4-2-1-3-5-12)41-28-24(37)23(36)25(43-27(39)14-8-17(32)22(35)18(33)9-14)20(42-28)11-40-26(38)13-6-15(30)21(34)16(31)7-13/h1-9,19-20,23-25,28,30-37H,11H2. The van der Waals surface area contributed by atoms with Crippen LogP contribution in [0.25, 0.3) is 0 Å². The number of hydrogen-bond acceptors (Lipinski definition) is 15. The van der Waals surface area contributed by atoms with Gasteiger partial charge < -0.3 is 59.8 Å². The van der Waals surface area contributed by atoms with E-state index < -0.39 is 101 Å². The third-order valence-corrected chi connectivity index (χ3v) is 6.36. The first-order valence-electron chi connectivity index (χ1n) is 12.4. The number of aromatic hydroxyl groups is 6. The number of carbonyl (C=O) groups is 2. The minimum Gasteiger partial charge on any atom is -0.504 e. The van der Waals surface area contributed by atoms with E-state index >= 15 is 0 Å². The molecule has 0 radical (unpaired) electrons. The van der Waals surface area contributed by atoms with Gasteiger partial charge in [0, 0.05) is 0 Å². The quantitative estimate of drug-likeness (QED) is 0.133. The fourth-order valence-corrected chi connectivity index (χ4v) is 4.12. The number of ether oxygens (including phenoxy) is 4. The molecule has 1 fully saturated rings. The lowest BCUT2D eigenvalue weighted by atomic mass is 9.98. The topological polar surface area (TPSA) is 257 Å². The van der Waals surface area contributed by atoms with Crippen molar-refractivity contribution >= 4 is 11.9 Å². The highest BCUT2D eigenvalue weighted by Crippen LogP contribution is 2.37. The summed E-state index contributed by atoms with van der Waals surface area (Å²) >= 11 is 0. The van der Waals surface area contributed by atoms with Crippen LogP contribution >= 0.6 is 0 Å². The molecule has 0 bridgehead atoms. The molecule has 0 amide bonds. The van der Waals surface area contributed by atoms with Crippen molar-refractivity contribution in [1.29, 1.82) is 5.26 Å². The van der Waals surface area contributed by atoms with Crippen LogP contribution < -0.4 is 0 Å². The van der Waals surface area contributed by atoms with Gasteiger partial charge >= 0.3 is 11.9 Å². The second-order valence-electron chi connectivity index (χ2n) is 9.27. The van der Waals surface area contributed by atoms with E-state index in [1.54, 1.807) is 30.3 Å². The zero-order valence-corrected chi connectivity index (χ0v) is 21.8. The smallest absolute Gasteiger partial charge is 0.338 e. The van der Waals surface area contributed by atoms with E-state index in [4.69, 9.17) is 18.9 Å². The Morgan fingerprint density at radius 2 is 1.33 bits per heavy atom. The molecule has 1 aliphatic heterocycles. The average molecular weight is 600 g/mol. The molecule has 3 aromatic carbocycles. The van der Waals surface area contributed by atoms with Crippen LogP contribution in [0.15, 0.2) is 54.6 Å². The number of rotatable bonds is 8. The molecule has 1 saturated heterocycles. The van der Waals surface area contributed by atoms with E-state index in [9.17, 15) is 55.7 Å². The van der Waals surface area contributed by atoms with Gasteiger partial charge in [-0.1, -0.05) is 30.3 Å². The van der Waals surface area contributed by atoms with E-state index in [0.29, 0.717) is 5.56 Å². The lowest BCUT2D eigenvalue weighted by molar-refractivity contribution is -0.307. The van der Waals surface area contributed by atoms with Crippen molar-refractivity contribution in [2.24, 2.45) is 0 Å². The number of carbonyl (C=O) groups excluding carboxylic acids is 2. The SMILES string of the molecule is N#CC(OC1OC(COC(=O)c2cc(O)c(O)c(O)c2)C(OC(=O)c2cc(O)c(O)c(O)c2)C(O)C1O)c1ccccc1. The number of aliphatic hydroxyl groups excluding tert-OH is 2. The van der Waals surface area contributed by atoms with Crippen molar-refractivity contribution in [2.45, 2.75) is 36.8 Å². The monoisotopic (exact) mass is 599 g/mol. The summed E-state index contributed by atoms with van der Waals surface area (Å²) in [6.07, 6.45) is -10.3. The van der Waals surface area contributed by atoms with Crippen LogP contribution in [0.5, 0.6) is 34.5 Å². The van der Waals surface area contributed by atoms with E-state index in [1.165, 1.54) is 0 Å². The Balaban J connectivity index is 1.59. The largest absolute Gasteiger partial charge is 0.504 e.